The summed E-state index contributed by atoms with van der Waals surface area (Å²) in [5.74, 6) is -2.11. The minimum atomic E-state index is -5.30. The second-order valence-electron chi connectivity index (χ2n) is 5.17. The van der Waals surface area contributed by atoms with Gasteiger partial charge >= 0.3 is 29.4 Å². The number of aliphatic hydroxyl groups excluding tert-OH is 1. The van der Waals surface area contributed by atoms with Gasteiger partial charge in [0.1, 0.15) is 5.75 Å². The lowest BCUT2D eigenvalue weighted by atomic mass is 10.1. The van der Waals surface area contributed by atoms with E-state index in [0.29, 0.717) is 6.29 Å². The van der Waals surface area contributed by atoms with Crippen molar-refractivity contribution in [3.8, 4) is 5.75 Å². The number of rotatable bonds is 10. The van der Waals surface area contributed by atoms with Crippen LogP contribution in [0, 0.1) is 6.92 Å². The summed E-state index contributed by atoms with van der Waals surface area (Å²) in [7, 11) is -15.2. The molecule has 0 bridgehead atoms. The van der Waals surface area contributed by atoms with Crippen molar-refractivity contribution in [3.05, 3.63) is 23.0 Å². The minimum absolute atomic E-state index is 0.0825. The number of aromatic nitrogens is 1. The highest BCUT2D eigenvalue weighted by atomic mass is 31.3. The molecule has 1 aromatic heterocycles. The van der Waals surface area contributed by atoms with Crippen molar-refractivity contribution in [2.75, 3.05) is 6.61 Å². The van der Waals surface area contributed by atoms with Gasteiger partial charge in [0.2, 0.25) is 0 Å². The largest absolute Gasteiger partial charge is 0.505 e. The molecule has 0 spiro atoms. The van der Waals surface area contributed by atoms with E-state index in [-0.39, 0.29) is 22.6 Å². The van der Waals surface area contributed by atoms with Crippen LogP contribution in [-0.2, 0) is 38.5 Å². The van der Waals surface area contributed by atoms with Crippen molar-refractivity contribution in [2.45, 2.75) is 19.6 Å². The van der Waals surface area contributed by atoms with Crippen molar-refractivity contribution in [3.63, 3.8) is 0 Å². The van der Waals surface area contributed by atoms with E-state index in [1.54, 1.807) is 0 Å². The first-order valence-corrected chi connectivity index (χ1v) is 11.9. The Kier molecular flexibility index (Phi) is 11.3. The van der Waals surface area contributed by atoms with Crippen LogP contribution in [0.2, 0.25) is 0 Å². The molecule has 31 heavy (non-hydrogen) atoms. The number of aldehydes is 1. The second kappa shape index (κ2) is 11.9. The Balaban J connectivity index is 0.000000582. The van der Waals surface area contributed by atoms with Gasteiger partial charge in [0.25, 0.3) is 0 Å². The molecule has 0 aliphatic rings. The maximum Gasteiger partial charge on any atom is 0.482 e. The van der Waals surface area contributed by atoms with E-state index in [9.17, 15) is 28.4 Å². The van der Waals surface area contributed by atoms with Crippen molar-refractivity contribution in [2.24, 2.45) is 0 Å². The van der Waals surface area contributed by atoms with Gasteiger partial charge in [0.15, 0.2) is 12.4 Å². The number of carbonyl (C=O) groups is 2. The molecular formula is C11H18NO16P3. The zero-order valence-corrected chi connectivity index (χ0v) is 18.0. The number of carboxylic acid groups (broad SMARTS) is 1. The number of aryl methyl sites for hydroxylation is 1. The van der Waals surface area contributed by atoms with Crippen LogP contribution >= 0.6 is 23.5 Å². The maximum absolute atomic E-state index is 10.7. The van der Waals surface area contributed by atoms with Gasteiger partial charge in [-0.1, -0.05) is 0 Å². The molecule has 1 aromatic rings. The minimum Gasteiger partial charge on any atom is -0.505 e. The summed E-state index contributed by atoms with van der Waals surface area (Å²) in [4.78, 5) is 66.5. The Morgan fingerprint density at radius 2 is 1.71 bits per heavy atom. The lowest BCUT2D eigenvalue weighted by Crippen LogP contribution is -2.26. The van der Waals surface area contributed by atoms with E-state index in [1.807, 2.05) is 0 Å². The van der Waals surface area contributed by atoms with E-state index in [2.05, 4.69) is 18.3 Å². The monoisotopic (exact) mass is 513 g/mol. The van der Waals surface area contributed by atoms with Crippen LogP contribution in [0.1, 0.15) is 21.6 Å². The number of pyridine rings is 1. The zero-order valence-electron chi connectivity index (χ0n) is 15.3. The number of carbonyl (C=O) groups excluding carboxylic acids is 1. The number of carboxylic acids is 1. The summed E-state index contributed by atoms with van der Waals surface area (Å²) in [5, 5.41) is 26.1. The normalized spacial score (nSPS) is 14.7. The van der Waals surface area contributed by atoms with Crippen molar-refractivity contribution in [1.29, 1.82) is 0 Å². The summed E-state index contributed by atoms with van der Waals surface area (Å²) in [6.07, 6.45) is -0.524. The van der Waals surface area contributed by atoms with Crippen LogP contribution in [0.25, 0.3) is 0 Å². The van der Waals surface area contributed by atoms with Crippen LogP contribution in [-0.4, -0.2) is 69.7 Å². The van der Waals surface area contributed by atoms with E-state index in [0.717, 1.165) is 0 Å². The molecule has 0 saturated carbocycles. The number of aliphatic carboxylic acids is 1. The third-order valence-corrected chi connectivity index (χ3v) is 5.44. The standard InChI is InChI=1S/C8H10NO6P.C3H8O10P2/c1-5-8(11)7(3-10)6(2-9-5)4-15-16(12,13)14;4-1-2(3(5)6)12-15(10,11)13-14(7,8)9/h2-3,11H,4H2,1H3,(H2,12,13,14);2,4H,1H2,(H,5,6)(H,10,11)(H2,7,8,9). The fraction of sp³-hybridized carbons (Fsp3) is 0.364. The van der Waals surface area contributed by atoms with Gasteiger partial charge in [-0.3, -0.25) is 18.8 Å². The smallest absolute Gasteiger partial charge is 0.482 e. The first kappa shape index (κ1) is 29.4. The molecule has 2 unspecified atom stereocenters. The summed E-state index contributed by atoms with van der Waals surface area (Å²) in [5.41, 5.74) is 0.282. The van der Waals surface area contributed by atoms with Crippen LogP contribution in [0.3, 0.4) is 0 Å². The van der Waals surface area contributed by atoms with Crippen LogP contribution in [0.5, 0.6) is 5.75 Å². The van der Waals surface area contributed by atoms with E-state index in [1.165, 1.54) is 13.1 Å². The van der Waals surface area contributed by atoms with E-state index in [4.69, 9.17) is 34.7 Å². The van der Waals surface area contributed by atoms with Gasteiger partial charge in [-0.25, -0.2) is 18.5 Å². The Hall–Kier alpha value is -1.58. The Bertz CT molecular complexity index is 922. The first-order valence-electron chi connectivity index (χ1n) is 7.37. The number of nitrogens with zero attached hydrogens (tertiary/aromatic N) is 1. The predicted octanol–water partition coefficient (Wildman–Crippen LogP) is -0.824. The number of phosphoric acid groups is 3. The number of aliphatic hydroxyl groups is 1. The molecule has 1 rings (SSSR count). The van der Waals surface area contributed by atoms with E-state index >= 15 is 0 Å². The Morgan fingerprint density at radius 1 is 1.16 bits per heavy atom. The third kappa shape index (κ3) is 12.1. The number of hydrogen-bond donors (Lipinski definition) is 8. The first-order chi connectivity index (χ1) is 13.9. The average molecular weight is 513 g/mol. The SMILES string of the molecule is Cc1ncc(COP(=O)(O)O)c(C=O)c1O.O=C(O)C(CO)OP(=O)(O)OP(=O)(O)O. The lowest BCUT2D eigenvalue weighted by Gasteiger charge is -2.15. The maximum atomic E-state index is 10.7. The van der Waals surface area contributed by atoms with Crippen molar-refractivity contribution >= 4 is 35.7 Å². The molecule has 0 aliphatic carbocycles. The molecule has 0 fully saturated rings. The quantitative estimate of drug-likeness (QED) is 0.140. The Morgan fingerprint density at radius 3 is 2.10 bits per heavy atom. The molecule has 0 aliphatic heterocycles. The average Bonchev–Trinajstić information content (AvgIpc) is 2.58. The molecular weight excluding hydrogens is 495 g/mol. The van der Waals surface area contributed by atoms with Crippen LogP contribution in [0.15, 0.2) is 6.20 Å². The highest BCUT2D eigenvalue weighted by Gasteiger charge is 2.37. The van der Waals surface area contributed by atoms with Gasteiger partial charge < -0.3 is 39.8 Å². The third-order valence-electron chi connectivity index (χ3n) is 2.78. The Labute approximate surface area is 173 Å². The van der Waals surface area contributed by atoms with Crippen molar-refractivity contribution < 1.29 is 76.4 Å². The number of aromatic hydroxyl groups is 1. The van der Waals surface area contributed by atoms with Crippen LogP contribution < -0.4 is 0 Å². The molecule has 1 heterocycles. The second-order valence-corrected chi connectivity index (χ2v) is 9.19. The molecule has 178 valence electrons. The molecule has 0 aromatic carbocycles. The molecule has 0 amide bonds. The topological polar surface area (TPSA) is 288 Å². The summed E-state index contributed by atoms with van der Waals surface area (Å²) in [6.45, 7) is -0.167. The molecule has 2 atom stereocenters. The summed E-state index contributed by atoms with van der Waals surface area (Å²) >= 11 is 0. The lowest BCUT2D eigenvalue weighted by molar-refractivity contribution is -0.147. The van der Waals surface area contributed by atoms with E-state index < -0.39 is 48.8 Å². The fourth-order valence-electron chi connectivity index (χ4n) is 1.52. The predicted molar refractivity (Wildman–Crippen MR) is 95.4 cm³/mol. The van der Waals surface area contributed by atoms with Gasteiger partial charge in [-0.2, -0.15) is 4.31 Å². The summed E-state index contributed by atoms with van der Waals surface area (Å²) in [6, 6.07) is 0. The molecule has 20 heteroatoms. The molecule has 0 saturated heterocycles. The van der Waals surface area contributed by atoms with Gasteiger partial charge in [0, 0.05) is 11.8 Å². The van der Waals surface area contributed by atoms with Gasteiger partial charge in [-0.15, -0.1) is 0 Å². The highest BCUT2D eigenvalue weighted by molar-refractivity contribution is 7.60. The zero-order chi connectivity index (χ0) is 24.6. The van der Waals surface area contributed by atoms with Crippen molar-refractivity contribution in [1.82, 2.24) is 4.98 Å². The van der Waals surface area contributed by atoms with Gasteiger partial charge in [0.05, 0.1) is 24.5 Å². The molecule has 17 nitrogen and oxygen atoms in total. The molecule has 0 radical (unpaired) electrons. The molecule has 8 N–H and O–H groups in total. The van der Waals surface area contributed by atoms with Gasteiger partial charge in [-0.05, 0) is 6.92 Å². The van der Waals surface area contributed by atoms with Crippen LogP contribution in [0.4, 0.5) is 0 Å². The summed E-state index contributed by atoms with van der Waals surface area (Å²) < 4.78 is 42.6. The highest BCUT2D eigenvalue weighted by Crippen LogP contribution is 2.58. The number of hydrogen-bond acceptors (Lipinski definition) is 11. The number of phosphoric ester groups is 2. The fourth-order valence-corrected chi connectivity index (χ4v) is 3.54.